The third-order valence-corrected chi connectivity index (χ3v) is 6.84. The molecule has 174 valence electrons. The smallest absolute Gasteiger partial charge is 0.331 e. The van der Waals surface area contributed by atoms with Crippen molar-refractivity contribution in [2.75, 3.05) is 13.7 Å². The van der Waals surface area contributed by atoms with Gasteiger partial charge in [0, 0.05) is 0 Å². The molecule has 0 aromatic heterocycles. The van der Waals surface area contributed by atoms with Gasteiger partial charge in [-0.1, -0.05) is 68.2 Å². The highest BCUT2D eigenvalue weighted by Gasteiger charge is 2.41. The number of thiocarbonyl (C=S) groups is 1. The molecule has 2 aromatic carbocycles. The third-order valence-electron chi connectivity index (χ3n) is 4.92. The van der Waals surface area contributed by atoms with E-state index in [0.717, 1.165) is 23.1 Å². The van der Waals surface area contributed by atoms with Crippen LogP contribution in [0.5, 0.6) is 11.5 Å². The van der Waals surface area contributed by atoms with Crippen LogP contribution in [0, 0.1) is 5.92 Å². The van der Waals surface area contributed by atoms with Crippen molar-refractivity contribution in [1.82, 2.24) is 4.90 Å². The molecule has 0 bridgehead atoms. The Bertz CT molecular complexity index is 1090. The summed E-state index contributed by atoms with van der Waals surface area (Å²) in [4.78, 5) is 26.7. The monoisotopic (exact) mass is 549 g/mol. The number of ether oxygens (including phenoxy) is 2. The Labute approximate surface area is 211 Å². The van der Waals surface area contributed by atoms with Gasteiger partial charge in [-0.15, -0.1) is 0 Å². The average molecular weight is 550 g/mol. The fraction of sp³-hybridized carbons (Fsp3) is 0.292. The van der Waals surface area contributed by atoms with Gasteiger partial charge in [0.15, 0.2) is 17.5 Å². The highest BCUT2D eigenvalue weighted by molar-refractivity contribution is 9.10. The summed E-state index contributed by atoms with van der Waals surface area (Å²) >= 11 is 9.98. The van der Waals surface area contributed by atoms with Crippen LogP contribution in [0.3, 0.4) is 0 Å². The second kappa shape index (κ2) is 11.2. The molecule has 1 saturated heterocycles. The number of carboxylic acids is 1. The van der Waals surface area contributed by atoms with Gasteiger partial charge in [-0.3, -0.25) is 9.69 Å². The number of thioether (sulfide) groups is 1. The Morgan fingerprint density at radius 3 is 2.58 bits per heavy atom. The van der Waals surface area contributed by atoms with Crippen LogP contribution in [0.25, 0.3) is 6.08 Å². The minimum Gasteiger partial charge on any atom is -0.493 e. The second-order valence-corrected chi connectivity index (χ2v) is 10.3. The molecule has 0 saturated carbocycles. The molecule has 0 radical (unpaired) electrons. The highest BCUT2D eigenvalue weighted by Crippen LogP contribution is 2.41. The van der Waals surface area contributed by atoms with E-state index in [1.165, 1.54) is 0 Å². The molecule has 2 aromatic rings. The van der Waals surface area contributed by atoms with Gasteiger partial charge in [-0.2, -0.15) is 0 Å². The second-order valence-electron chi connectivity index (χ2n) is 7.77. The van der Waals surface area contributed by atoms with Crippen LogP contribution in [-0.4, -0.2) is 39.9 Å². The molecule has 0 spiro atoms. The van der Waals surface area contributed by atoms with Crippen LogP contribution in [-0.2, 0) is 9.59 Å². The van der Waals surface area contributed by atoms with Crippen molar-refractivity contribution in [2.45, 2.75) is 26.3 Å². The van der Waals surface area contributed by atoms with Crippen LogP contribution < -0.4 is 9.47 Å². The Kier molecular flexibility index (Phi) is 8.56. The number of carbonyl (C=O) groups excluding carboxylic acids is 1. The molecule has 3 rings (SSSR count). The standard InChI is InChI=1S/C24H24BrNO5S2/c1-14(2)9-10-31-21-17(25)11-15(12-18(21)30-3)13-19-22(27)26(24(32)33-19)20(23(28)29)16-7-5-4-6-8-16/h4-8,11-14,20H,9-10H2,1-3H3,(H,28,29)/b19-13+. The van der Waals surface area contributed by atoms with Crippen LogP contribution >= 0.6 is 39.9 Å². The predicted molar refractivity (Wildman–Crippen MR) is 137 cm³/mol. The van der Waals surface area contributed by atoms with E-state index >= 15 is 0 Å². The Morgan fingerprint density at radius 2 is 1.97 bits per heavy atom. The summed E-state index contributed by atoms with van der Waals surface area (Å²) in [5.74, 6) is 0.0431. The van der Waals surface area contributed by atoms with Gasteiger partial charge in [-0.05, 0) is 57.6 Å². The molecule has 1 fully saturated rings. The average Bonchev–Trinajstić information content (AvgIpc) is 3.03. The normalized spacial score (nSPS) is 15.9. The van der Waals surface area contributed by atoms with E-state index in [0.29, 0.717) is 44.5 Å². The fourth-order valence-electron chi connectivity index (χ4n) is 3.25. The molecule has 6 nitrogen and oxygen atoms in total. The van der Waals surface area contributed by atoms with Gasteiger partial charge in [0.25, 0.3) is 5.91 Å². The number of amides is 1. The van der Waals surface area contributed by atoms with E-state index in [1.807, 2.05) is 6.07 Å². The summed E-state index contributed by atoms with van der Waals surface area (Å²) in [6.45, 7) is 4.81. The summed E-state index contributed by atoms with van der Waals surface area (Å²) in [6.07, 6.45) is 2.58. The number of halogens is 1. The summed E-state index contributed by atoms with van der Waals surface area (Å²) in [7, 11) is 1.55. The summed E-state index contributed by atoms with van der Waals surface area (Å²) < 4.78 is 12.3. The van der Waals surface area contributed by atoms with Crippen molar-refractivity contribution in [3.63, 3.8) is 0 Å². The Balaban J connectivity index is 1.89. The largest absolute Gasteiger partial charge is 0.493 e. The van der Waals surface area contributed by atoms with Crippen molar-refractivity contribution >= 4 is 62.2 Å². The number of hydrogen-bond donors (Lipinski definition) is 1. The summed E-state index contributed by atoms with van der Waals surface area (Å²) in [5.41, 5.74) is 1.18. The van der Waals surface area contributed by atoms with E-state index < -0.39 is 17.9 Å². The van der Waals surface area contributed by atoms with Gasteiger partial charge >= 0.3 is 5.97 Å². The molecule has 0 aliphatic carbocycles. The minimum absolute atomic E-state index is 0.196. The van der Waals surface area contributed by atoms with Crippen molar-refractivity contribution in [3.05, 3.63) is 63.0 Å². The lowest BCUT2D eigenvalue weighted by molar-refractivity contribution is -0.145. The topological polar surface area (TPSA) is 76.1 Å². The first-order chi connectivity index (χ1) is 15.7. The Hall–Kier alpha value is -2.36. The van der Waals surface area contributed by atoms with Crippen LogP contribution in [0.4, 0.5) is 0 Å². The molecule has 1 aliphatic heterocycles. The molecule has 1 amide bonds. The van der Waals surface area contributed by atoms with Crippen molar-refractivity contribution in [3.8, 4) is 11.5 Å². The number of carbonyl (C=O) groups is 2. The number of rotatable bonds is 9. The Morgan fingerprint density at radius 1 is 1.27 bits per heavy atom. The first kappa shape index (κ1) is 25.3. The van der Waals surface area contributed by atoms with Gasteiger partial charge in [0.2, 0.25) is 0 Å². The zero-order valence-corrected chi connectivity index (χ0v) is 21.6. The van der Waals surface area contributed by atoms with Gasteiger partial charge in [0.1, 0.15) is 4.32 Å². The van der Waals surface area contributed by atoms with Crippen LogP contribution in [0.1, 0.15) is 37.4 Å². The van der Waals surface area contributed by atoms with E-state index in [-0.39, 0.29) is 4.32 Å². The number of methoxy groups -OCH3 is 1. The number of carboxylic acid groups (broad SMARTS) is 1. The van der Waals surface area contributed by atoms with E-state index in [9.17, 15) is 14.7 Å². The molecule has 1 atom stereocenters. The maximum absolute atomic E-state index is 13.2. The molecule has 1 unspecified atom stereocenters. The van der Waals surface area contributed by atoms with Gasteiger partial charge < -0.3 is 14.6 Å². The molecule has 1 aliphatic rings. The summed E-state index contributed by atoms with van der Waals surface area (Å²) in [6, 6.07) is 11.0. The lowest BCUT2D eigenvalue weighted by Crippen LogP contribution is -2.37. The number of benzene rings is 2. The van der Waals surface area contributed by atoms with Crippen molar-refractivity contribution in [2.24, 2.45) is 5.92 Å². The van der Waals surface area contributed by atoms with E-state index in [4.69, 9.17) is 21.7 Å². The predicted octanol–water partition coefficient (Wildman–Crippen LogP) is 5.91. The molecule has 9 heteroatoms. The van der Waals surface area contributed by atoms with Gasteiger partial charge in [0.05, 0.1) is 23.1 Å². The number of nitrogens with zero attached hydrogens (tertiary/aromatic N) is 1. The maximum Gasteiger partial charge on any atom is 0.331 e. The third kappa shape index (κ3) is 5.96. The van der Waals surface area contributed by atoms with E-state index in [1.54, 1.807) is 49.6 Å². The highest BCUT2D eigenvalue weighted by atomic mass is 79.9. The first-order valence-electron chi connectivity index (χ1n) is 10.3. The lowest BCUT2D eigenvalue weighted by atomic mass is 10.1. The minimum atomic E-state index is -1.19. The molecule has 33 heavy (non-hydrogen) atoms. The SMILES string of the molecule is COc1cc(/C=C2/SC(=S)N(C(C(=O)O)c3ccccc3)C2=O)cc(Br)c1OCCC(C)C. The number of hydrogen-bond acceptors (Lipinski definition) is 6. The zero-order chi connectivity index (χ0) is 24.1. The maximum atomic E-state index is 13.2. The van der Waals surface area contributed by atoms with Crippen LogP contribution in [0.2, 0.25) is 0 Å². The summed E-state index contributed by atoms with van der Waals surface area (Å²) in [5, 5.41) is 9.82. The van der Waals surface area contributed by atoms with Crippen molar-refractivity contribution in [1.29, 1.82) is 0 Å². The van der Waals surface area contributed by atoms with Gasteiger partial charge in [-0.25, -0.2) is 4.79 Å². The van der Waals surface area contributed by atoms with E-state index in [2.05, 4.69) is 29.8 Å². The molecular formula is C24H24BrNO5S2. The molecular weight excluding hydrogens is 526 g/mol. The molecule has 1 heterocycles. The zero-order valence-electron chi connectivity index (χ0n) is 18.4. The first-order valence-corrected chi connectivity index (χ1v) is 12.3. The fourth-order valence-corrected chi connectivity index (χ4v) is 5.14. The molecule has 1 N–H and O–H groups in total. The lowest BCUT2D eigenvalue weighted by Gasteiger charge is -2.23. The van der Waals surface area contributed by atoms with Crippen molar-refractivity contribution < 1.29 is 24.2 Å². The van der Waals surface area contributed by atoms with Crippen LogP contribution in [0.15, 0.2) is 51.8 Å². The quantitative estimate of drug-likeness (QED) is 0.307. The number of aliphatic carboxylic acids is 1.